The number of fused-ring (bicyclic) bond motifs is 7. The van der Waals surface area contributed by atoms with E-state index < -0.39 is 5.60 Å². The van der Waals surface area contributed by atoms with E-state index in [0.29, 0.717) is 53.4 Å². The molecule has 2 N–H and O–H groups in total. The summed E-state index contributed by atoms with van der Waals surface area (Å²) in [7, 11) is 0. The van der Waals surface area contributed by atoms with Crippen molar-refractivity contribution in [3.05, 3.63) is 0 Å². The van der Waals surface area contributed by atoms with Crippen LogP contribution in [0, 0.1) is 46.3 Å². The average Bonchev–Trinajstić information content (AvgIpc) is 3.16. The fraction of sp³-hybridized carbons (Fsp3) is 1.00. The minimum Gasteiger partial charge on any atom is -0.393 e. The standard InChI is InChI=1S/C27H44O4/c1-16-5-12-27(30-15-16)17(2)23-22(31-27)13-21-19-7-11-26(29)14-18(28)6-10-25(26,4)20(19)8-9-24(21,23)3/h16-23,28-29H,5-15H2,1-4H3/t16?,17-,18-,19+,20?,21?,22-,23-,24-,25+,26+,27+/m0/s1. The molecule has 0 amide bonds. The molecule has 4 nitrogen and oxygen atoms in total. The van der Waals surface area contributed by atoms with Gasteiger partial charge in [0.05, 0.1) is 24.4 Å². The van der Waals surface area contributed by atoms with E-state index in [0.717, 1.165) is 38.7 Å². The lowest BCUT2D eigenvalue weighted by molar-refractivity contribution is -0.274. The van der Waals surface area contributed by atoms with Gasteiger partial charge in [-0.15, -0.1) is 0 Å². The first-order valence-electron chi connectivity index (χ1n) is 13.3. The van der Waals surface area contributed by atoms with Crippen molar-refractivity contribution in [1.29, 1.82) is 0 Å². The number of ether oxygens (including phenoxy) is 2. The van der Waals surface area contributed by atoms with Gasteiger partial charge in [0.25, 0.3) is 0 Å². The van der Waals surface area contributed by atoms with Crippen molar-refractivity contribution >= 4 is 0 Å². The summed E-state index contributed by atoms with van der Waals surface area (Å²) in [5, 5.41) is 22.0. The topological polar surface area (TPSA) is 58.9 Å². The van der Waals surface area contributed by atoms with Crippen LogP contribution in [0.15, 0.2) is 0 Å². The Morgan fingerprint density at radius 2 is 1.71 bits per heavy atom. The molecular formula is C27H44O4. The van der Waals surface area contributed by atoms with E-state index in [2.05, 4.69) is 27.7 Å². The zero-order valence-corrected chi connectivity index (χ0v) is 20.1. The maximum Gasteiger partial charge on any atom is 0.171 e. The molecule has 176 valence electrons. The molecule has 0 aromatic carbocycles. The van der Waals surface area contributed by atoms with Crippen LogP contribution in [-0.2, 0) is 9.47 Å². The van der Waals surface area contributed by atoms with Crippen molar-refractivity contribution in [2.75, 3.05) is 6.61 Å². The van der Waals surface area contributed by atoms with E-state index in [1.165, 1.54) is 25.7 Å². The summed E-state index contributed by atoms with van der Waals surface area (Å²) in [6, 6.07) is 0. The predicted octanol–water partition coefficient (Wildman–Crippen LogP) is 4.91. The van der Waals surface area contributed by atoms with Crippen molar-refractivity contribution in [2.45, 2.75) is 115 Å². The van der Waals surface area contributed by atoms with E-state index >= 15 is 0 Å². The molecular weight excluding hydrogens is 388 g/mol. The zero-order chi connectivity index (χ0) is 21.8. The lowest BCUT2D eigenvalue weighted by atomic mass is 9.43. The lowest BCUT2D eigenvalue weighted by Crippen LogP contribution is -2.63. The molecule has 6 aliphatic rings. The van der Waals surface area contributed by atoms with Crippen LogP contribution < -0.4 is 0 Å². The van der Waals surface area contributed by atoms with Gasteiger partial charge in [-0.2, -0.15) is 0 Å². The second-order valence-electron chi connectivity index (χ2n) is 13.3. The van der Waals surface area contributed by atoms with Crippen LogP contribution in [0.4, 0.5) is 0 Å². The van der Waals surface area contributed by atoms with Crippen molar-refractivity contribution in [3.63, 3.8) is 0 Å². The van der Waals surface area contributed by atoms with Crippen molar-refractivity contribution in [3.8, 4) is 0 Å². The Bertz CT molecular complexity index is 731. The summed E-state index contributed by atoms with van der Waals surface area (Å²) in [6.07, 6.45) is 10.4. The average molecular weight is 433 g/mol. The SMILES string of the molecule is CC1CC[C@@]2(OC1)O[C@H]1CC3[C@@H]4CC[C@@]5(O)C[C@@H](O)CC[C@]5(C)C4CC[C@]3(C)[C@H]1[C@@H]2C. The molecule has 0 bridgehead atoms. The molecule has 2 saturated heterocycles. The Balaban J connectivity index is 1.27. The van der Waals surface area contributed by atoms with Gasteiger partial charge in [-0.05, 0) is 91.8 Å². The molecule has 4 aliphatic carbocycles. The summed E-state index contributed by atoms with van der Waals surface area (Å²) >= 11 is 0. The van der Waals surface area contributed by atoms with E-state index in [-0.39, 0.29) is 17.3 Å². The van der Waals surface area contributed by atoms with Crippen LogP contribution in [0.25, 0.3) is 0 Å². The van der Waals surface area contributed by atoms with E-state index in [1.807, 2.05) is 0 Å². The Hall–Kier alpha value is -0.160. The number of aliphatic hydroxyl groups excluding tert-OH is 1. The molecule has 6 fully saturated rings. The molecule has 4 saturated carbocycles. The van der Waals surface area contributed by atoms with Gasteiger partial charge in [-0.25, -0.2) is 0 Å². The third-order valence-corrected chi connectivity index (χ3v) is 12.0. The highest BCUT2D eigenvalue weighted by atomic mass is 16.7. The van der Waals surface area contributed by atoms with Gasteiger partial charge in [0.15, 0.2) is 5.79 Å². The number of hydrogen-bond acceptors (Lipinski definition) is 4. The second-order valence-corrected chi connectivity index (χ2v) is 13.3. The molecule has 6 rings (SSSR count). The predicted molar refractivity (Wildman–Crippen MR) is 119 cm³/mol. The molecule has 12 atom stereocenters. The molecule has 1 spiro atoms. The summed E-state index contributed by atoms with van der Waals surface area (Å²) in [5.74, 6) is 3.39. The van der Waals surface area contributed by atoms with Gasteiger partial charge in [0.2, 0.25) is 0 Å². The van der Waals surface area contributed by atoms with Gasteiger partial charge < -0.3 is 19.7 Å². The highest BCUT2D eigenvalue weighted by molar-refractivity contribution is 5.17. The quantitative estimate of drug-likeness (QED) is 0.571. The molecule has 3 unspecified atom stereocenters. The molecule has 0 aromatic heterocycles. The Kier molecular flexibility index (Phi) is 4.62. The van der Waals surface area contributed by atoms with Crippen LogP contribution in [0.3, 0.4) is 0 Å². The summed E-state index contributed by atoms with van der Waals surface area (Å²) < 4.78 is 13.3. The summed E-state index contributed by atoms with van der Waals surface area (Å²) in [5.41, 5.74) is -0.375. The minimum atomic E-state index is -0.672. The third-order valence-electron chi connectivity index (χ3n) is 12.0. The van der Waals surface area contributed by atoms with E-state index in [9.17, 15) is 10.2 Å². The number of aliphatic hydroxyl groups is 2. The highest BCUT2D eigenvalue weighted by Crippen LogP contribution is 2.71. The minimum absolute atomic E-state index is 0.0372. The summed E-state index contributed by atoms with van der Waals surface area (Å²) in [6.45, 7) is 10.5. The molecule has 0 aromatic rings. The fourth-order valence-corrected chi connectivity index (χ4v) is 10.2. The first kappa shape index (κ1) is 21.4. The maximum absolute atomic E-state index is 11.7. The maximum atomic E-state index is 11.7. The van der Waals surface area contributed by atoms with E-state index in [1.54, 1.807) is 0 Å². The van der Waals surface area contributed by atoms with Gasteiger partial charge in [0, 0.05) is 18.8 Å². The van der Waals surface area contributed by atoms with Crippen molar-refractivity contribution < 1.29 is 19.7 Å². The van der Waals surface area contributed by atoms with Gasteiger partial charge in [-0.3, -0.25) is 0 Å². The highest BCUT2D eigenvalue weighted by Gasteiger charge is 2.70. The van der Waals surface area contributed by atoms with Crippen LogP contribution in [0.2, 0.25) is 0 Å². The second kappa shape index (κ2) is 6.71. The van der Waals surface area contributed by atoms with Crippen LogP contribution in [-0.4, -0.2) is 40.4 Å². The number of hydrogen-bond donors (Lipinski definition) is 2. The molecule has 4 heteroatoms. The first-order valence-corrected chi connectivity index (χ1v) is 13.3. The Morgan fingerprint density at radius 3 is 2.45 bits per heavy atom. The summed E-state index contributed by atoms with van der Waals surface area (Å²) in [4.78, 5) is 0. The Morgan fingerprint density at radius 1 is 0.903 bits per heavy atom. The molecule has 31 heavy (non-hydrogen) atoms. The largest absolute Gasteiger partial charge is 0.393 e. The zero-order valence-electron chi connectivity index (χ0n) is 20.1. The molecule has 2 aliphatic heterocycles. The van der Waals surface area contributed by atoms with Gasteiger partial charge >= 0.3 is 0 Å². The lowest BCUT2D eigenvalue weighted by Gasteiger charge is -2.64. The van der Waals surface area contributed by atoms with Crippen LogP contribution >= 0.6 is 0 Å². The third kappa shape index (κ3) is 2.68. The normalized spacial score (nSPS) is 63.3. The monoisotopic (exact) mass is 432 g/mol. The Labute approximate surface area is 188 Å². The van der Waals surface area contributed by atoms with Crippen LogP contribution in [0.1, 0.15) is 91.9 Å². The smallest absolute Gasteiger partial charge is 0.171 e. The van der Waals surface area contributed by atoms with Crippen LogP contribution in [0.5, 0.6) is 0 Å². The van der Waals surface area contributed by atoms with Crippen molar-refractivity contribution in [1.82, 2.24) is 0 Å². The van der Waals surface area contributed by atoms with Crippen molar-refractivity contribution in [2.24, 2.45) is 46.3 Å². The number of rotatable bonds is 0. The first-order chi connectivity index (χ1) is 14.6. The molecule has 2 heterocycles. The van der Waals surface area contributed by atoms with Gasteiger partial charge in [0.1, 0.15) is 0 Å². The van der Waals surface area contributed by atoms with E-state index in [4.69, 9.17) is 9.47 Å². The van der Waals surface area contributed by atoms with Gasteiger partial charge in [-0.1, -0.05) is 27.7 Å². The molecule has 0 radical (unpaired) electrons. The fourth-order valence-electron chi connectivity index (χ4n) is 10.2.